The zero-order chi connectivity index (χ0) is 23.1. The van der Waals surface area contributed by atoms with Crippen LogP contribution in [0.2, 0.25) is 3.72 Å². The van der Waals surface area contributed by atoms with Crippen molar-refractivity contribution in [3.63, 3.8) is 0 Å². The standard InChI is InChI=1S/C31H33.3ClH.Ti/c1-22-11-7-14-25(19-22)31(26-15-8-12-23(2)20-26,27-16-9-13-24(3)21-27)29-18-10-17-28(29)30(4,5)6;;;;/h7-21H,1-6H3;3*1H;/q;;;;+3/p-3. The van der Waals surface area contributed by atoms with Crippen LogP contribution in [0.1, 0.15) is 54.2 Å². The molecule has 0 amide bonds. The molecule has 4 rings (SSSR count). The van der Waals surface area contributed by atoms with Crippen LogP contribution in [0.4, 0.5) is 0 Å². The number of benzene rings is 3. The van der Waals surface area contributed by atoms with Gasteiger partial charge in [-0.15, -0.1) is 0 Å². The summed E-state index contributed by atoms with van der Waals surface area (Å²) in [7, 11) is 0. The molecular formula is C31H33Cl3Ti. The normalized spacial score (nSPS) is 17.1. The maximum Gasteiger partial charge on any atom is -1.00 e. The maximum absolute atomic E-state index is 2.45. The van der Waals surface area contributed by atoms with E-state index in [1.807, 2.05) is 0 Å². The average Bonchev–Trinajstić information content (AvgIpc) is 3.12. The van der Waals surface area contributed by atoms with E-state index in [1.165, 1.54) is 39.0 Å². The van der Waals surface area contributed by atoms with E-state index in [0.29, 0.717) is 0 Å². The number of aryl methyl sites for hydroxylation is 3. The minimum Gasteiger partial charge on any atom is -1.00 e. The molecule has 4 heteroatoms. The monoisotopic (exact) mass is 558 g/mol. The molecule has 3 aromatic carbocycles. The van der Waals surface area contributed by atoms with E-state index in [4.69, 9.17) is 0 Å². The van der Waals surface area contributed by atoms with Gasteiger partial charge in [0.25, 0.3) is 0 Å². The first-order valence-electron chi connectivity index (χ1n) is 11.5. The van der Waals surface area contributed by atoms with Crippen molar-refractivity contribution in [2.24, 2.45) is 5.41 Å². The van der Waals surface area contributed by atoms with Crippen molar-refractivity contribution in [3.05, 3.63) is 130 Å². The van der Waals surface area contributed by atoms with Crippen LogP contribution in [0, 0.1) is 26.2 Å². The van der Waals surface area contributed by atoms with Gasteiger partial charge in [-0.2, -0.15) is 0 Å². The fourth-order valence-corrected chi connectivity index (χ4v) is 7.04. The molecule has 0 nitrogen and oxygen atoms in total. The van der Waals surface area contributed by atoms with Gasteiger partial charge in [-0.25, -0.2) is 0 Å². The number of hydrogen-bond donors (Lipinski definition) is 0. The molecular weight excluding hydrogens is 527 g/mol. The van der Waals surface area contributed by atoms with Crippen LogP contribution in [-0.2, 0) is 25.9 Å². The van der Waals surface area contributed by atoms with Gasteiger partial charge >= 0.3 is 207 Å². The predicted octanol–water partition coefficient (Wildman–Crippen LogP) is -0.794. The minimum absolute atomic E-state index is 0. The molecule has 1 unspecified atom stereocenters. The summed E-state index contributed by atoms with van der Waals surface area (Å²) >= 11 is 2.45. The van der Waals surface area contributed by atoms with Gasteiger partial charge in [0.2, 0.25) is 0 Å². The Morgan fingerprint density at radius 3 is 1.31 bits per heavy atom. The summed E-state index contributed by atoms with van der Waals surface area (Å²) < 4.78 is -0.222. The van der Waals surface area contributed by atoms with E-state index in [-0.39, 0.29) is 51.8 Å². The van der Waals surface area contributed by atoms with Crippen LogP contribution in [0.15, 0.2) is 96.6 Å². The molecule has 3 aromatic rings. The van der Waals surface area contributed by atoms with Gasteiger partial charge in [-0.3, -0.25) is 0 Å². The Hall–Kier alpha value is -1.28. The number of allylic oxidation sites excluding steroid dienone is 4. The summed E-state index contributed by atoms with van der Waals surface area (Å²) in [4.78, 5) is 0. The molecule has 0 spiro atoms. The minimum atomic E-state index is -0.358. The van der Waals surface area contributed by atoms with Crippen molar-refractivity contribution in [1.82, 2.24) is 0 Å². The van der Waals surface area contributed by atoms with Crippen molar-refractivity contribution >= 4 is 0 Å². The molecule has 182 valence electrons. The van der Waals surface area contributed by atoms with Gasteiger partial charge in [0.1, 0.15) is 0 Å². The SMILES string of the molecule is Cc1cccc(C(c2cccc(C)c2)(c2cccc(C)c2)[C]2([Ti+3])C=CC=C2C(C)(C)C)c1.[Cl-].[Cl-].[Cl-]. The van der Waals surface area contributed by atoms with Crippen LogP contribution in [0.5, 0.6) is 0 Å². The first-order chi connectivity index (χ1) is 15.1. The van der Waals surface area contributed by atoms with Gasteiger partial charge < -0.3 is 37.2 Å². The summed E-state index contributed by atoms with van der Waals surface area (Å²) in [5.41, 5.74) is 9.06. The van der Waals surface area contributed by atoms with Crippen LogP contribution in [0.3, 0.4) is 0 Å². The average molecular weight is 560 g/mol. The van der Waals surface area contributed by atoms with E-state index >= 15 is 0 Å². The molecule has 0 fully saturated rings. The third-order valence-corrected chi connectivity index (χ3v) is 8.05. The van der Waals surface area contributed by atoms with Gasteiger partial charge in [-0.1, -0.05) is 0 Å². The van der Waals surface area contributed by atoms with Crippen LogP contribution < -0.4 is 37.2 Å². The second kappa shape index (κ2) is 11.8. The van der Waals surface area contributed by atoms with Crippen LogP contribution in [-0.4, -0.2) is 0 Å². The van der Waals surface area contributed by atoms with E-state index in [1.54, 1.807) is 0 Å². The first-order valence-corrected chi connectivity index (χ1v) is 12.2. The molecule has 0 heterocycles. The predicted molar refractivity (Wildman–Crippen MR) is 133 cm³/mol. The Morgan fingerprint density at radius 2 is 1.00 bits per heavy atom. The van der Waals surface area contributed by atoms with Crippen molar-refractivity contribution < 1.29 is 57.7 Å². The molecule has 0 aliphatic heterocycles. The maximum atomic E-state index is 2.45. The van der Waals surface area contributed by atoms with E-state index in [0.717, 1.165) is 0 Å². The molecule has 0 radical (unpaired) electrons. The van der Waals surface area contributed by atoms with E-state index in [9.17, 15) is 0 Å². The quantitative estimate of drug-likeness (QED) is 0.290. The van der Waals surface area contributed by atoms with Crippen LogP contribution >= 0.6 is 0 Å². The molecule has 0 saturated carbocycles. The van der Waals surface area contributed by atoms with Gasteiger partial charge in [0.15, 0.2) is 0 Å². The molecule has 35 heavy (non-hydrogen) atoms. The van der Waals surface area contributed by atoms with Crippen LogP contribution in [0.25, 0.3) is 0 Å². The topological polar surface area (TPSA) is 0 Å². The fourth-order valence-electron chi connectivity index (χ4n) is 5.50. The largest absolute Gasteiger partial charge is 1.00 e. The molecule has 1 atom stereocenters. The fraction of sp³-hybridized carbons (Fsp3) is 0.290. The summed E-state index contributed by atoms with van der Waals surface area (Å²) in [5.74, 6) is 0. The zero-order valence-corrected chi connectivity index (χ0v) is 25.1. The van der Waals surface area contributed by atoms with Crippen molar-refractivity contribution in [2.75, 3.05) is 0 Å². The Labute approximate surface area is 242 Å². The number of rotatable bonds is 4. The zero-order valence-electron chi connectivity index (χ0n) is 21.3. The Bertz CT molecular complexity index is 1110. The summed E-state index contributed by atoms with van der Waals surface area (Å²) in [6, 6.07) is 27.4. The summed E-state index contributed by atoms with van der Waals surface area (Å²) in [6.07, 6.45) is 7.08. The van der Waals surface area contributed by atoms with E-state index in [2.05, 4.69) is 153 Å². The number of hydrogen-bond acceptors (Lipinski definition) is 0. The molecule has 0 aromatic heterocycles. The Kier molecular flexibility index (Phi) is 10.7. The molecule has 1 aliphatic rings. The molecule has 0 N–H and O–H groups in total. The smallest absolute Gasteiger partial charge is 1.00 e. The summed E-state index contributed by atoms with van der Waals surface area (Å²) in [6.45, 7) is 13.6. The molecule has 1 aliphatic carbocycles. The Morgan fingerprint density at radius 1 is 0.629 bits per heavy atom. The molecule has 0 bridgehead atoms. The summed E-state index contributed by atoms with van der Waals surface area (Å²) in [5, 5.41) is 0. The van der Waals surface area contributed by atoms with Gasteiger partial charge in [-0.05, 0) is 0 Å². The molecule has 0 saturated heterocycles. The van der Waals surface area contributed by atoms with Crippen molar-refractivity contribution in [2.45, 2.75) is 50.7 Å². The van der Waals surface area contributed by atoms with Crippen molar-refractivity contribution in [1.29, 1.82) is 0 Å². The third-order valence-electron chi connectivity index (χ3n) is 6.79. The van der Waals surface area contributed by atoms with Gasteiger partial charge in [0, 0.05) is 0 Å². The van der Waals surface area contributed by atoms with E-state index < -0.39 is 0 Å². The third kappa shape index (κ3) is 5.53. The number of halogens is 3. The Balaban J connectivity index is 0.00000204. The van der Waals surface area contributed by atoms with Crippen molar-refractivity contribution in [3.8, 4) is 0 Å². The first kappa shape index (κ1) is 31.8. The second-order valence-electron chi connectivity index (χ2n) is 10.4. The second-order valence-corrected chi connectivity index (χ2v) is 11.6. The van der Waals surface area contributed by atoms with Gasteiger partial charge in [0.05, 0.1) is 0 Å².